The lowest BCUT2D eigenvalue weighted by Gasteiger charge is -2.13. The van der Waals surface area contributed by atoms with Crippen molar-refractivity contribution in [3.8, 4) is 0 Å². The first-order valence-electron chi connectivity index (χ1n) is 7.97. The average Bonchev–Trinajstić information content (AvgIpc) is 3.15. The second kappa shape index (κ2) is 7.24. The van der Waals surface area contributed by atoms with Gasteiger partial charge in [0.1, 0.15) is 0 Å². The number of nitrogens with one attached hydrogen (secondary N) is 1. The van der Waals surface area contributed by atoms with Gasteiger partial charge in [0, 0.05) is 30.5 Å². The molecule has 0 unspecified atom stereocenters. The van der Waals surface area contributed by atoms with Gasteiger partial charge in [0.25, 0.3) is 0 Å². The van der Waals surface area contributed by atoms with Gasteiger partial charge in [0.2, 0.25) is 0 Å². The largest absolute Gasteiger partial charge is 0.308 e. The number of aromatic nitrogens is 4. The molecule has 0 amide bonds. The summed E-state index contributed by atoms with van der Waals surface area (Å²) in [6.07, 6.45) is 7.99. The van der Waals surface area contributed by atoms with Gasteiger partial charge in [-0.25, -0.2) is 0 Å². The van der Waals surface area contributed by atoms with Gasteiger partial charge < -0.3 is 5.32 Å². The number of hydrogen-bond donors (Lipinski definition) is 1. The van der Waals surface area contributed by atoms with Gasteiger partial charge in [-0.15, -0.1) is 0 Å². The van der Waals surface area contributed by atoms with Crippen LogP contribution in [0, 0.1) is 6.92 Å². The van der Waals surface area contributed by atoms with E-state index in [-0.39, 0.29) is 0 Å². The zero-order valence-electron chi connectivity index (χ0n) is 13.7. The molecule has 1 N–H and O–H groups in total. The summed E-state index contributed by atoms with van der Waals surface area (Å²) in [5.41, 5.74) is 3.65. The Balaban J connectivity index is 1.49. The summed E-state index contributed by atoms with van der Waals surface area (Å²) in [6, 6.07) is 10.7. The van der Waals surface area contributed by atoms with Gasteiger partial charge >= 0.3 is 0 Å². The van der Waals surface area contributed by atoms with E-state index < -0.39 is 0 Å². The third-order valence-electron chi connectivity index (χ3n) is 3.75. The molecule has 23 heavy (non-hydrogen) atoms. The second-order valence-electron chi connectivity index (χ2n) is 6.05. The van der Waals surface area contributed by atoms with Crippen LogP contribution >= 0.6 is 0 Å². The summed E-state index contributed by atoms with van der Waals surface area (Å²) in [4.78, 5) is 0. The van der Waals surface area contributed by atoms with Crippen molar-refractivity contribution >= 4 is 0 Å². The van der Waals surface area contributed by atoms with E-state index in [1.165, 1.54) is 16.7 Å². The van der Waals surface area contributed by atoms with E-state index in [4.69, 9.17) is 0 Å². The molecule has 3 rings (SSSR count). The van der Waals surface area contributed by atoms with Gasteiger partial charge in [-0.2, -0.15) is 10.2 Å². The van der Waals surface area contributed by atoms with Crippen LogP contribution in [-0.2, 0) is 19.6 Å². The summed E-state index contributed by atoms with van der Waals surface area (Å²) in [5, 5.41) is 12.3. The highest BCUT2D eigenvalue weighted by Crippen LogP contribution is 2.04. The lowest BCUT2D eigenvalue weighted by Crippen LogP contribution is -2.30. The zero-order valence-corrected chi connectivity index (χ0v) is 13.7. The minimum absolute atomic E-state index is 0.353. The predicted octanol–water partition coefficient (Wildman–Crippen LogP) is 2.61. The van der Waals surface area contributed by atoms with Gasteiger partial charge in [0.05, 0.1) is 25.5 Å². The molecule has 1 aromatic carbocycles. The Morgan fingerprint density at radius 3 is 2.52 bits per heavy atom. The molecule has 0 radical (unpaired) electrons. The third-order valence-corrected chi connectivity index (χ3v) is 3.75. The normalized spacial score (nSPS) is 12.4. The standard InChI is InChI=1S/C18H23N5/c1-15-8-20-22(11-15)12-16(2)19-9-18-10-21-23(14-18)13-17-6-4-3-5-7-17/h3-8,10-11,14,16,19H,9,12-13H2,1-2H3/t16-/m0/s1. The van der Waals surface area contributed by atoms with E-state index in [1.54, 1.807) is 0 Å². The molecule has 0 saturated heterocycles. The van der Waals surface area contributed by atoms with Crippen molar-refractivity contribution in [2.45, 2.75) is 39.5 Å². The van der Waals surface area contributed by atoms with Crippen LogP contribution in [0.15, 0.2) is 55.1 Å². The molecule has 5 nitrogen and oxygen atoms in total. The Kier molecular flexibility index (Phi) is 4.88. The molecule has 5 heteroatoms. The van der Waals surface area contributed by atoms with Crippen LogP contribution in [0.5, 0.6) is 0 Å². The molecule has 0 fully saturated rings. The molecule has 0 aliphatic rings. The maximum Gasteiger partial charge on any atom is 0.0659 e. The topological polar surface area (TPSA) is 47.7 Å². The maximum absolute atomic E-state index is 4.44. The lowest BCUT2D eigenvalue weighted by molar-refractivity contribution is 0.450. The highest BCUT2D eigenvalue weighted by molar-refractivity contribution is 5.15. The smallest absolute Gasteiger partial charge is 0.0659 e. The number of aryl methyl sites for hydroxylation is 1. The quantitative estimate of drug-likeness (QED) is 0.730. The third kappa shape index (κ3) is 4.53. The van der Waals surface area contributed by atoms with E-state index >= 15 is 0 Å². The summed E-state index contributed by atoms with van der Waals surface area (Å²) in [5.74, 6) is 0. The van der Waals surface area contributed by atoms with Crippen molar-refractivity contribution in [1.29, 1.82) is 0 Å². The van der Waals surface area contributed by atoms with Crippen molar-refractivity contribution in [3.05, 3.63) is 71.8 Å². The lowest BCUT2D eigenvalue weighted by atomic mass is 10.2. The molecule has 2 aromatic heterocycles. The minimum atomic E-state index is 0.353. The molecule has 1 atom stereocenters. The molecule has 120 valence electrons. The summed E-state index contributed by atoms with van der Waals surface area (Å²) in [7, 11) is 0. The van der Waals surface area contributed by atoms with Crippen LogP contribution in [0.1, 0.15) is 23.6 Å². The monoisotopic (exact) mass is 309 g/mol. The SMILES string of the molecule is Cc1cnn(C[C@H](C)NCc2cnn(Cc3ccccc3)c2)c1. The van der Waals surface area contributed by atoms with Gasteiger partial charge in [-0.3, -0.25) is 9.36 Å². The highest BCUT2D eigenvalue weighted by atomic mass is 15.3. The average molecular weight is 309 g/mol. The molecule has 2 heterocycles. The molecule has 0 spiro atoms. The molecule has 0 saturated carbocycles. The van der Waals surface area contributed by atoms with Crippen molar-refractivity contribution in [1.82, 2.24) is 24.9 Å². The first-order chi connectivity index (χ1) is 11.2. The Morgan fingerprint density at radius 2 is 1.78 bits per heavy atom. The van der Waals surface area contributed by atoms with Crippen LogP contribution in [-0.4, -0.2) is 25.6 Å². The van der Waals surface area contributed by atoms with E-state index in [9.17, 15) is 0 Å². The number of hydrogen-bond acceptors (Lipinski definition) is 3. The fourth-order valence-corrected chi connectivity index (χ4v) is 2.56. The second-order valence-corrected chi connectivity index (χ2v) is 6.05. The predicted molar refractivity (Wildman–Crippen MR) is 91.0 cm³/mol. The molecule has 0 aliphatic carbocycles. The maximum atomic E-state index is 4.44. The van der Waals surface area contributed by atoms with Crippen LogP contribution in [0.3, 0.4) is 0 Å². The molecule has 3 aromatic rings. The first-order valence-corrected chi connectivity index (χ1v) is 7.97. The summed E-state index contributed by atoms with van der Waals surface area (Å²) in [6.45, 7) is 6.72. The van der Waals surface area contributed by atoms with Crippen LogP contribution in [0.2, 0.25) is 0 Å². The Morgan fingerprint density at radius 1 is 1.00 bits per heavy atom. The van der Waals surface area contributed by atoms with E-state index in [2.05, 4.69) is 66.0 Å². The Labute approximate surface area is 136 Å². The highest BCUT2D eigenvalue weighted by Gasteiger charge is 2.05. The number of rotatable bonds is 7. The Hall–Kier alpha value is -2.40. The van der Waals surface area contributed by atoms with Crippen molar-refractivity contribution in [3.63, 3.8) is 0 Å². The van der Waals surface area contributed by atoms with Crippen LogP contribution in [0.25, 0.3) is 0 Å². The minimum Gasteiger partial charge on any atom is -0.308 e. The van der Waals surface area contributed by atoms with Crippen molar-refractivity contribution < 1.29 is 0 Å². The summed E-state index contributed by atoms with van der Waals surface area (Å²) >= 11 is 0. The first kappa shape index (κ1) is 15.5. The summed E-state index contributed by atoms with van der Waals surface area (Å²) < 4.78 is 3.96. The molecule has 0 bridgehead atoms. The Bertz CT molecular complexity index is 729. The van der Waals surface area contributed by atoms with Crippen molar-refractivity contribution in [2.24, 2.45) is 0 Å². The van der Waals surface area contributed by atoms with Crippen LogP contribution in [0.4, 0.5) is 0 Å². The van der Waals surface area contributed by atoms with Gasteiger partial charge in [-0.1, -0.05) is 30.3 Å². The van der Waals surface area contributed by atoms with Crippen molar-refractivity contribution in [2.75, 3.05) is 0 Å². The number of benzene rings is 1. The fourth-order valence-electron chi connectivity index (χ4n) is 2.56. The van der Waals surface area contributed by atoms with Gasteiger partial charge in [-0.05, 0) is 25.0 Å². The molecular weight excluding hydrogens is 286 g/mol. The van der Waals surface area contributed by atoms with E-state index in [0.717, 1.165) is 19.6 Å². The van der Waals surface area contributed by atoms with Gasteiger partial charge in [0.15, 0.2) is 0 Å². The fraction of sp³-hybridized carbons (Fsp3) is 0.333. The van der Waals surface area contributed by atoms with E-state index in [0.29, 0.717) is 6.04 Å². The number of nitrogens with zero attached hydrogens (tertiary/aromatic N) is 4. The van der Waals surface area contributed by atoms with Crippen LogP contribution < -0.4 is 5.32 Å². The zero-order chi connectivity index (χ0) is 16.1. The molecular formula is C18H23N5. The molecule has 0 aliphatic heterocycles. The van der Waals surface area contributed by atoms with E-state index in [1.807, 2.05) is 27.8 Å².